The van der Waals surface area contributed by atoms with E-state index in [1.54, 1.807) is 0 Å². The van der Waals surface area contributed by atoms with Gasteiger partial charge in [0.25, 0.3) is 5.91 Å². The number of anilines is 1. The summed E-state index contributed by atoms with van der Waals surface area (Å²) < 4.78 is 0. The number of hydrogen-bond acceptors (Lipinski definition) is 3. The van der Waals surface area contributed by atoms with Gasteiger partial charge in [-0.2, -0.15) is 0 Å². The molecule has 7 heteroatoms. The molecular formula is C14H9Cl2NO4. The number of phenolic OH excluding ortho intramolecular Hbond substituents is 1. The average Bonchev–Trinajstić information content (AvgIpc) is 2.40. The Morgan fingerprint density at radius 3 is 2.19 bits per heavy atom. The molecule has 108 valence electrons. The number of carboxylic acid groups (broad SMARTS) is 1. The Morgan fingerprint density at radius 2 is 1.57 bits per heavy atom. The van der Waals surface area contributed by atoms with E-state index in [1.807, 2.05) is 0 Å². The van der Waals surface area contributed by atoms with Crippen LogP contribution in [-0.4, -0.2) is 22.1 Å². The molecule has 5 nitrogen and oxygen atoms in total. The van der Waals surface area contributed by atoms with Crippen molar-refractivity contribution in [2.45, 2.75) is 0 Å². The second-order valence-electron chi connectivity index (χ2n) is 4.11. The second-order valence-corrected chi connectivity index (χ2v) is 4.98. The number of aromatic carboxylic acids is 1. The molecule has 0 unspecified atom stereocenters. The quantitative estimate of drug-likeness (QED) is 0.803. The fraction of sp³-hybridized carbons (Fsp3) is 0. The zero-order valence-corrected chi connectivity index (χ0v) is 11.9. The van der Waals surface area contributed by atoms with Crippen LogP contribution in [-0.2, 0) is 0 Å². The Morgan fingerprint density at radius 1 is 0.952 bits per heavy atom. The molecule has 2 rings (SSSR count). The molecule has 0 radical (unpaired) electrons. The Hall–Kier alpha value is -2.24. The number of aromatic hydroxyl groups is 1. The van der Waals surface area contributed by atoms with Gasteiger partial charge in [-0.25, -0.2) is 4.79 Å². The molecule has 0 aliphatic rings. The molecule has 0 bridgehead atoms. The third-order valence-electron chi connectivity index (χ3n) is 2.66. The topological polar surface area (TPSA) is 86.6 Å². The molecule has 21 heavy (non-hydrogen) atoms. The van der Waals surface area contributed by atoms with Crippen LogP contribution in [0.15, 0.2) is 36.4 Å². The van der Waals surface area contributed by atoms with Crippen molar-refractivity contribution in [2.24, 2.45) is 0 Å². The van der Waals surface area contributed by atoms with Gasteiger partial charge in [0.15, 0.2) is 0 Å². The Labute approximate surface area is 129 Å². The predicted octanol–water partition coefficient (Wildman–Crippen LogP) is 3.65. The number of carboxylic acids is 1. The van der Waals surface area contributed by atoms with Gasteiger partial charge >= 0.3 is 5.97 Å². The van der Waals surface area contributed by atoms with Crippen molar-refractivity contribution in [1.82, 2.24) is 0 Å². The number of phenols is 1. The first-order valence-electron chi connectivity index (χ1n) is 5.71. The molecule has 0 fully saturated rings. The van der Waals surface area contributed by atoms with Crippen molar-refractivity contribution in [3.63, 3.8) is 0 Å². The van der Waals surface area contributed by atoms with Crippen molar-refractivity contribution in [3.8, 4) is 5.75 Å². The Bertz CT molecular complexity index is 731. The van der Waals surface area contributed by atoms with Gasteiger partial charge in [0.1, 0.15) is 5.75 Å². The van der Waals surface area contributed by atoms with Crippen LogP contribution in [0.5, 0.6) is 5.75 Å². The molecule has 0 saturated heterocycles. The average molecular weight is 326 g/mol. The van der Waals surface area contributed by atoms with E-state index in [0.29, 0.717) is 0 Å². The first-order valence-corrected chi connectivity index (χ1v) is 6.47. The van der Waals surface area contributed by atoms with Crippen LogP contribution in [0.25, 0.3) is 0 Å². The first-order chi connectivity index (χ1) is 9.88. The van der Waals surface area contributed by atoms with Crippen molar-refractivity contribution >= 4 is 40.8 Å². The zero-order valence-electron chi connectivity index (χ0n) is 10.4. The van der Waals surface area contributed by atoms with Gasteiger partial charge < -0.3 is 15.5 Å². The first kappa shape index (κ1) is 15.2. The van der Waals surface area contributed by atoms with E-state index in [4.69, 9.17) is 28.3 Å². The van der Waals surface area contributed by atoms with Gasteiger partial charge in [-0.05, 0) is 36.4 Å². The monoisotopic (exact) mass is 325 g/mol. The lowest BCUT2D eigenvalue weighted by molar-refractivity contribution is 0.0698. The summed E-state index contributed by atoms with van der Waals surface area (Å²) >= 11 is 11.4. The molecule has 3 N–H and O–H groups in total. The smallest absolute Gasteiger partial charge is 0.337 e. The van der Waals surface area contributed by atoms with E-state index in [1.165, 1.54) is 36.4 Å². The SMILES string of the molecule is O=C(Nc1ccc(Cl)cc1C(=O)O)c1ccc(Cl)cc1O. The van der Waals surface area contributed by atoms with E-state index >= 15 is 0 Å². The number of carbonyl (C=O) groups excluding carboxylic acids is 1. The van der Waals surface area contributed by atoms with E-state index in [2.05, 4.69) is 5.32 Å². The highest BCUT2D eigenvalue weighted by molar-refractivity contribution is 6.31. The van der Waals surface area contributed by atoms with Crippen LogP contribution < -0.4 is 5.32 Å². The van der Waals surface area contributed by atoms with Gasteiger partial charge in [-0.3, -0.25) is 4.79 Å². The minimum absolute atomic E-state index is 0.0225. The molecule has 0 aliphatic carbocycles. The second kappa shape index (κ2) is 6.03. The van der Waals surface area contributed by atoms with E-state index in [-0.39, 0.29) is 32.6 Å². The van der Waals surface area contributed by atoms with Crippen LogP contribution >= 0.6 is 23.2 Å². The van der Waals surface area contributed by atoms with Crippen molar-refractivity contribution < 1.29 is 19.8 Å². The van der Waals surface area contributed by atoms with Gasteiger partial charge in [-0.15, -0.1) is 0 Å². The molecule has 0 saturated carbocycles. The molecule has 0 atom stereocenters. The number of benzene rings is 2. The highest BCUT2D eigenvalue weighted by Crippen LogP contribution is 2.25. The van der Waals surface area contributed by atoms with Crippen molar-refractivity contribution in [3.05, 3.63) is 57.6 Å². The number of hydrogen-bond donors (Lipinski definition) is 3. The lowest BCUT2D eigenvalue weighted by Gasteiger charge is -2.10. The molecule has 0 spiro atoms. The zero-order chi connectivity index (χ0) is 15.6. The maximum atomic E-state index is 12.1. The van der Waals surface area contributed by atoms with Gasteiger partial charge in [-0.1, -0.05) is 23.2 Å². The number of carbonyl (C=O) groups is 2. The summed E-state index contributed by atoms with van der Waals surface area (Å²) in [5, 5.41) is 21.7. The van der Waals surface area contributed by atoms with Gasteiger partial charge in [0.05, 0.1) is 16.8 Å². The van der Waals surface area contributed by atoms with Crippen LogP contribution in [0.3, 0.4) is 0 Å². The predicted molar refractivity (Wildman–Crippen MR) is 79.5 cm³/mol. The van der Waals surface area contributed by atoms with Crippen LogP contribution in [0.1, 0.15) is 20.7 Å². The maximum Gasteiger partial charge on any atom is 0.337 e. The lowest BCUT2D eigenvalue weighted by atomic mass is 10.1. The highest BCUT2D eigenvalue weighted by Gasteiger charge is 2.16. The molecule has 0 heterocycles. The van der Waals surface area contributed by atoms with Crippen molar-refractivity contribution in [2.75, 3.05) is 5.32 Å². The largest absolute Gasteiger partial charge is 0.507 e. The third-order valence-corrected chi connectivity index (χ3v) is 3.13. The Kier molecular flexibility index (Phi) is 4.35. The highest BCUT2D eigenvalue weighted by atomic mass is 35.5. The molecule has 2 aromatic carbocycles. The number of rotatable bonds is 3. The summed E-state index contributed by atoms with van der Waals surface area (Å²) in [5.41, 5.74) is -0.0961. The third kappa shape index (κ3) is 3.45. The van der Waals surface area contributed by atoms with Crippen LogP contribution in [0, 0.1) is 0 Å². The number of nitrogens with one attached hydrogen (secondary N) is 1. The lowest BCUT2D eigenvalue weighted by Crippen LogP contribution is -2.15. The summed E-state index contributed by atoms with van der Waals surface area (Å²) in [6.45, 7) is 0. The fourth-order valence-electron chi connectivity index (χ4n) is 1.69. The minimum atomic E-state index is -1.23. The summed E-state index contributed by atoms with van der Waals surface area (Å²) in [6.07, 6.45) is 0. The molecular weight excluding hydrogens is 317 g/mol. The molecule has 0 aliphatic heterocycles. The van der Waals surface area contributed by atoms with Crippen molar-refractivity contribution in [1.29, 1.82) is 0 Å². The summed E-state index contributed by atoms with van der Waals surface area (Å²) in [6, 6.07) is 8.04. The standard InChI is InChI=1S/C14H9Cl2NO4/c15-7-2-4-11(10(5-7)14(20)21)17-13(19)9-3-1-8(16)6-12(9)18/h1-6,18H,(H,17,19)(H,20,21). The molecule has 2 aromatic rings. The molecule has 1 amide bonds. The van der Waals surface area contributed by atoms with Gasteiger partial charge in [0, 0.05) is 10.0 Å². The van der Waals surface area contributed by atoms with E-state index in [0.717, 1.165) is 0 Å². The van der Waals surface area contributed by atoms with E-state index < -0.39 is 11.9 Å². The summed E-state index contributed by atoms with van der Waals surface area (Å²) in [7, 11) is 0. The van der Waals surface area contributed by atoms with Gasteiger partial charge in [0.2, 0.25) is 0 Å². The minimum Gasteiger partial charge on any atom is -0.507 e. The summed E-state index contributed by atoms with van der Waals surface area (Å²) in [4.78, 5) is 23.2. The van der Waals surface area contributed by atoms with Crippen LogP contribution in [0.2, 0.25) is 10.0 Å². The maximum absolute atomic E-state index is 12.1. The number of amides is 1. The summed E-state index contributed by atoms with van der Waals surface area (Å²) in [5.74, 6) is -2.19. The Balaban J connectivity index is 2.34. The van der Waals surface area contributed by atoms with Crippen LogP contribution in [0.4, 0.5) is 5.69 Å². The normalized spacial score (nSPS) is 10.2. The number of halogens is 2. The fourth-order valence-corrected chi connectivity index (χ4v) is 2.03. The molecule has 0 aromatic heterocycles. The van der Waals surface area contributed by atoms with E-state index in [9.17, 15) is 14.7 Å².